The van der Waals surface area contributed by atoms with Crippen molar-refractivity contribution in [1.82, 2.24) is 9.88 Å². The molecule has 4 rings (SSSR count). The van der Waals surface area contributed by atoms with E-state index in [2.05, 4.69) is 4.98 Å². The molecule has 1 N–H and O–H groups in total. The van der Waals surface area contributed by atoms with Crippen molar-refractivity contribution in [2.24, 2.45) is 0 Å². The van der Waals surface area contributed by atoms with Crippen LogP contribution in [0.2, 0.25) is 0 Å². The Kier molecular flexibility index (Phi) is 7.19. The van der Waals surface area contributed by atoms with Gasteiger partial charge in [-0.1, -0.05) is 6.07 Å². The van der Waals surface area contributed by atoms with Crippen LogP contribution in [0.1, 0.15) is 34.1 Å². The number of hydrogen-bond acceptors (Lipinski definition) is 6. The van der Waals surface area contributed by atoms with Gasteiger partial charge in [0.05, 0.1) is 23.2 Å². The SMILES string of the molecule is Cc1cccc(COC2CSC3(C2)CN(C(=O)c2ccc(C)o2)C3)n1.O=C(O)C(F)(F)F. The molecule has 2 aromatic rings. The average molecular weight is 472 g/mol. The predicted molar refractivity (Wildman–Crippen MR) is 110 cm³/mol. The van der Waals surface area contributed by atoms with Crippen molar-refractivity contribution in [3.8, 4) is 0 Å². The molecule has 0 radical (unpaired) electrons. The number of ether oxygens (including phenoxy) is 1. The fourth-order valence-electron chi connectivity index (χ4n) is 3.51. The Morgan fingerprint density at radius 3 is 2.53 bits per heavy atom. The summed E-state index contributed by atoms with van der Waals surface area (Å²) in [6, 6.07) is 9.59. The van der Waals surface area contributed by atoms with Gasteiger partial charge in [0.1, 0.15) is 5.76 Å². The average Bonchev–Trinajstić information content (AvgIpc) is 3.31. The van der Waals surface area contributed by atoms with Crippen LogP contribution in [0, 0.1) is 13.8 Å². The molecule has 0 saturated carbocycles. The van der Waals surface area contributed by atoms with E-state index < -0.39 is 12.1 Å². The third-order valence-corrected chi connectivity index (χ3v) is 6.60. The van der Waals surface area contributed by atoms with Gasteiger partial charge in [-0.05, 0) is 44.5 Å². The Balaban J connectivity index is 0.000000360. The summed E-state index contributed by atoms with van der Waals surface area (Å²) in [5.41, 5.74) is 1.99. The summed E-state index contributed by atoms with van der Waals surface area (Å²) in [5, 5.41) is 7.12. The van der Waals surface area contributed by atoms with Crippen molar-refractivity contribution in [3.63, 3.8) is 0 Å². The molecule has 174 valence electrons. The molecule has 7 nitrogen and oxygen atoms in total. The summed E-state index contributed by atoms with van der Waals surface area (Å²) in [6.07, 6.45) is -3.86. The van der Waals surface area contributed by atoms with E-state index in [1.165, 1.54) is 0 Å². The van der Waals surface area contributed by atoms with E-state index in [4.69, 9.17) is 19.1 Å². The number of thioether (sulfide) groups is 1. The molecule has 0 aliphatic carbocycles. The summed E-state index contributed by atoms with van der Waals surface area (Å²) in [7, 11) is 0. The zero-order valence-electron chi connectivity index (χ0n) is 17.5. The molecule has 2 saturated heterocycles. The van der Waals surface area contributed by atoms with Crippen molar-refractivity contribution < 1.29 is 37.0 Å². The number of furan rings is 1. The first-order valence-corrected chi connectivity index (χ1v) is 10.8. The fraction of sp³-hybridized carbons (Fsp3) is 0.476. The number of rotatable bonds is 4. The second-order valence-electron chi connectivity index (χ2n) is 7.78. The van der Waals surface area contributed by atoms with Crippen LogP contribution in [0.3, 0.4) is 0 Å². The molecule has 1 atom stereocenters. The van der Waals surface area contributed by atoms with Crippen LogP contribution < -0.4 is 0 Å². The molecular weight excluding hydrogens is 449 g/mol. The first-order chi connectivity index (χ1) is 15.0. The predicted octanol–water partition coefficient (Wildman–Crippen LogP) is 3.84. The summed E-state index contributed by atoms with van der Waals surface area (Å²) in [4.78, 5) is 27.6. The number of hydrogen-bond donors (Lipinski definition) is 1. The van der Waals surface area contributed by atoms with Crippen LogP contribution in [0.15, 0.2) is 34.7 Å². The zero-order chi connectivity index (χ0) is 23.5. The number of carboxylic acids is 1. The largest absolute Gasteiger partial charge is 0.490 e. The molecule has 11 heteroatoms. The lowest BCUT2D eigenvalue weighted by atomic mass is 9.92. The summed E-state index contributed by atoms with van der Waals surface area (Å²) in [5.74, 6) is -0.575. The number of carboxylic acid groups (broad SMARTS) is 1. The zero-order valence-corrected chi connectivity index (χ0v) is 18.3. The summed E-state index contributed by atoms with van der Waals surface area (Å²) in [6.45, 7) is 5.95. The van der Waals surface area contributed by atoms with E-state index >= 15 is 0 Å². The van der Waals surface area contributed by atoms with E-state index in [0.29, 0.717) is 12.4 Å². The highest BCUT2D eigenvalue weighted by Gasteiger charge is 2.51. The standard InChI is InChI=1S/C19H22N2O3S.C2HF3O2/c1-13-4-3-5-15(20-13)9-23-16-8-19(25-10-16)11-21(12-19)18(22)17-7-6-14(2)24-17;3-2(4,5)1(6)7/h3-7,16H,8-12H2,1-2H3;(H,6,7). The second kappa shape index (κ2) is 9.53. The topological polar surface area (TPSA) is 92.9 Å². The number of pyridine rings is 1. The third-order valence-electron chi connectivity index (χ3n) is 5.03. The van der Waals surface area contributed by atoms with Gasteiger partial charge in [-0.25, -0.2) is 4.79 Å². The van der Waals surface area contributed by atoms with Crippen LogP contribution in [-0.4, -0.2) is 62.7 Å². The number of likely N-dealkylation sites (tertiary alicyclic amines) is 1. The minimum absolute atomic E-state index is 0.00680. The number of carbonyl (C=O) groups is 2. The molecule has 32 heavy (non-hydrogen) atoms. The van der Waals surface area contributed by atoms with E-state index in [-0.39, 0.29) is 16.8 Å². The first-order valence-electron chi connectivity index (χ1n) is 9.81. The van der Waals surface area contributed by atoms with Crippen LogP contribution in [0.25, 0.3) is 0 Å². The Labute approximate surface area is 186 Å². The number of aryl methyl sites for hydroxylation is 2. The van der Waals surface area contributed by atoms with Crippen LogP contribution in [0.4, 0.5) is 13.2 Å². The van der Waals surface area contributed by atoms with Crippen molar-refractivity contribution >= 4 is 23.6 Å². The van der Waals surface area contributed by atoms with Gasteiger partial charge in [0.25, 0.3) is 5.91 Å². The van der Waals surface area contributed by atoms with Crippen LogP contribution in [0.5, 0.6) is 0 Å². The molecule has 1 spiro atoms. The van der Waals surface area contributed by atoms with Gasteiger partial charge in [0, 0.05) is 24.5 Å². The maximum absolute atomic E-state index is 12.4. The summed E-state index contributed by atoms with van der Waals surface area (Å²) < 4.78 is 43.4. The maximum Gasteiger partial charge on any atom is 0.490 e. The monoisotopic (exact) mass is 472 g/mol. The molecule has 2 fully saturated rings. The van der Waals surface area contributed by atoms with Gasteiger partial charge in [-0.15, -0.1) is 11.8 Å². The van der Waals surface area contributed by atoms with Crippen LogP contribution >= 0.6 is 11.8 Å². The Morgan fingerprint density at radius 2 is 1.97 bits per heavy atom. The van der Waals surface area contributed by atoms with Crippen LogP contribution in [-0.2, 0) is 16.1 Å². The van der Waals surface area contributed by atoms with E-state index in [9.17, 15) is 18.0 Å². The molecular formula is C21H23F3N2O5S. The summed E-state index contributed by atoms with van der Waals surface area (Å²) >= 11 is 1.93. The lowest BCUT2D eigenvalue weighted by Gasteiger charge is -2.47. The van der Waals surface area contributed by atoms with E-state index in [0.717, 1.165) is 42.4 Å². The lowest BCUT2D eigenvalue weighted by Crippen LogP contribution is -2.60. The highest BCUT2D eigenvalue weighted by molar-refractivity contribution is 8.01. The highest BCUT2D eigenvalue weighted by atomic mass is 32.2. The van der Waals surface area contributed by atoms with Gasteiger partial charge in [0.15, 0.2) is 5.76 Å². The molecule has 4 heterocycles. The highest BCUT2D eigenvalue weighted by Crippen LogP contribution is 2.46. The van der Waals surface area contributed by atoms with Gasteiger partial charge in [-0.2, -0.15) is 13.2 Å². The molecule has 1 amide bonds. The van der Waals surface area contributed by atoms with Gasteiger partial charge >= 0.3 is 12.1 Å². The molecule has 1 unspecified atom stereocenters. The number of nitrogens with zero attached hydrogens (tertiary/aromatic N) is 2. The van der Waals surface area contributed by atoms with Crippen molar-refractivity contribution in [2.45, 2.75) is 43.9 Å². The molecule has 2 aliphatic rings. The Hall–Kier alpha value is -2.53. The Morgan fingerprint density at radius 1 is 1.28 bits per heavy atom. The quantitative estimate of drug-likeness (QED) is 0.723. The number of aromatic nitrogens is 1. The number of carbonyl (C=O) groups excluding carboxylic acids is 1. The fourth-order valence-corrected chi connectivity index (χ4v) is 5.06. The normalized spacial score (nSPS) is 19.3. The second-order valence-corrected chi connectivity index (χ2v) is 9.26. The maximum atomic E-state index is 12.4. The minimum atomic E-state index is -5.08. The first kappa shape index (κ1) is 24.1. The number of aliphatic carboxylic acids is 1. The Bertz CT molecular complexity index is 972. The minimum Gasteiger partial charge on any atom is -0.475 e. The van der Waals surface area contributed by atoms with E-state index in [1.54, 1.807) is 6.07 Å². The van der Waals surface area contributed by atoms with Gasteiger partial charge in [-0.3, -0.25) is 9.78 Å². The smallest absolute Gasteiger partial charge is 0.475 e. The molecule has 0 bridgehead atoms. The molecule has 2 aromatic heterocycles. The molecule has 0 aromatic carbocycles. The van der Waals surface area contributed by atoms with Crippen molar-refractivity contribution in [1.29, 1.82) is 0 Å². The van der Waals surface area contributed by atoms with E-state index in [1.807, 2.05) is 54.8 Å². The number of amides is 1. The van der Waals surface area contributed by atoms with Gasteiger partial charge in [0.2, 0.25) is 0 Å². The van der Waals surface area contributed by atoms with Crippen molar-refractivity contribution in [2.75, 3.05) is 18.8 Å². The third kappa shape index (κ3) is 6.04. The number of alkyl halides is 3. The number of halogens is 3. The van der Waals surface area contributed by atoms with Gasteiger partial charge < -0.3 is 19.2 Å². The molecule has 2 aliphatic heterocycles. The van der Waals surface area contributed by atoms with Crippen molar-refractivity contribution in [3.05, 3.63) is 53.2 Å². The lowest BCUT2D eigenvalue weighted by molar-refractivity contribution is -0.192.